The lowest BCUT2D eigenvalue weighted by molar-refractivity contribution is 1.30. The molecule has 1 heteroatoms. The van der Waals surface area contributed by atoms with Crippen molar-refractivity contribution in [3.8, 4) is 0 Å². The molecule has 0 aliphatic heterocycles. The van der Waals surface area contributed by atoms with Gasteiger partial charge in [-0.25, -0.2) is 0 Å². The van der Waals surface area contributed by atoms with Crippen LogP contribution in [0.25, 0.3) is 32.3 Å². The van der Waals surface area contributed by atoms with Crippen LogP contribution in [0.1, 0.15) is 12.3 Å². The molecule has 6 aromatic rings. The van der Waals surface area contributed by atoms with Crippen molar-refractivity contribution in [3.63, 3.8) is 0 Å². The van der Waals surface area contributed by atoms with Crippen LogP contribution in [0, 0.1) is 0 Å². The third-order valence-electron chi connectivity index (χ3n) is 5.05. The van der Waals surface area contributed by atoms with Gasteiger partial charge in [0.05, 0.1) is 18.0 Å². The van der Waals surface area contributed by atoms with E-state index in [-0.39, 0.29) is 68.2 Å². The Bertz CT molecular complexity index is 1840. The summed E-state index contributed by atoms with van der Waals surface area (Å²) in [4.78, 5) is 1.73. The van der Waals surface area contributed by atoms with E-state index in [1.54, 1.807) is 4.90 Å². The molecule has 136 valence electrons. The number of hydrogen-bond donors (Lipinski definition) is 0. The Morgan fingerprint density at radius 2 is 1.03 bits per heavy atom. The molecule has 1 nitrogen and oxygen atoms in total. The summed E-state index contributed by atoms with van der Waals surface area (Å²) in [7, 11) is 0. The molecular formula is C28H19N. The van der Waals surface area contributed by atoms with E-state index in [4.69, 9.17) is 12.3 Å². The van der Waals surface area contributed by atoms with E-state index in [1.165, 1.54) is 0 Å². The molecule has 0 heterocycles. The van der Waals surface area contributed by atoms with Crippen molar-refractivity contribution in [1.82, 2.24) is 0 Å². The summed E-state index contributed by atoms with van der Waals surface area (Å²) < 4.78 is 78.6. The second-order valence-corrected chi connectivity index (χ2v) is 6.73. The van der Waals surface area contributed by atoms with Gasteiger partial charge in [0.25, 0.3) is 0 Å². The van der Waals surface area contributed by atoms with E-state index in [0.717, 1.165) is 0 Å². The first kappa shape index (κ1) is 9.58. The monoisotopic (exact) mass is 378 g/mol. The molecule has 0 bridgehead atoms. The Labute approximate surface area is 182 Å². The second-order valence-electron chi connectivity index (χ2n) is 6.73. The fraction of sp³-hybridized carbons (Fsp3) is 0. The number of hydrogen-bond acceptors (Lipinski definition) is 1. The van der Waals surface area contributed by atoms with Gasteiger partial charge in [0.1, 0.15) is 0 Å². The predicted molar refractivity (Wildman–Crippen MR) is 125 cm³/mol. The van der Waals surface area contributed by atoms with Crippen LogP contribution in [-0.2, 0) is 0 Å². The van der Waals surface area contributed by atoms with Crippen molar-refractivity contribution in [1.29, 1.82) is 0 Å². The van der Waals surface area contributed by atoms with Gasteiger partial charge < -0.3 is 4.90 Å². The third kappa shape index (κ3) is 2.48. The number of para-hydroxylation sites is 2. The van der Waals surface area contributed by atoms with E-state index >= 15 is 0 Å². The quantitative estimate of drug-likeness (QED) is 0.282. The third-order valence-corrected chi connectivity index (χ3v) is 5.05. The van der Waals surface area contributed by atoms with Gasteiger partial charge in [-0.2, -0.15) is 0 Å². The predicted octanol–water partition coefficient (Wildman–Crippen LogP) is 8.05. The summed E-state index contributed by atoms with van der Waals surface area (Å²) in [6.45, 7) is 0. The standard InChI is InChI=1S/C28H19N/c1-3-10-23(11-4-1)29(24-12-5-2-6-13-24)26-19-17-22-15-14-20-8-7-9-21-16-18-25(26)28(22)27(20)21/h1-19H/i7D,8D,9D,14D,15D,16D,17D,18D,19D. The van der Waals surface area contributed by atoms with Crippen molar-refractivity contribution < 1.29 is 12.3 Å². The van der Waals surface area contributed by atoms with Gasteiger partial charge in [0.15, 0.2) is 0 Å². The van der Waals surface area contributed by atoms with E-state index in [1.807, 2.05) is 60.7 Å². The fourth-order valence-electron chi connectivity index (χ4n) is 3.78. The maximum absolute atomic E-state index is 9.08. The number of anilines is 3. The Morgan fingerprint density at radius 3 is 1.66 bits per heavy atom. The maximum Gasteiger partial charge on any atom is 0.0645 e. The van der Waals surface area contributed by atoms with Gasteiger partial charge in [0.2, 0.25) is 0 Å². The van der Waals surface area contributed by atoms with Gasteiger partial charge >= 0.3 is 0 Å². The number of benzene rings is 6. The molecule has 6 aromatic carbocycles. The Hall–Kier alpha value is -3.84. The molecule has 0 spiro atoms. The SMILES string of the molecule is [2H]c1c([2H])c2c([2H])c([2H])c3c([2H])c([2H])c(N(c4ccccc4)c4ccccc4)c4c([2H])c([2H])c(c1[2H])c2c34. The molecule has 0 unspecified atom stereocenters. The van der Waals surface area contributed by atoms with E-state index < -0.39 is 24.2 Å². The molecule has 0 aliphatic rings. The summed E-state index contributed by atoms with van der Waals surface area (Å²) in [5.41, 5.74) is 1.46. The van der Waals surface area contributed by atoms with Crippen LogP contribution < -0.4 is 4.90 Å². The van der Waals surface area contributed by atoms with E-state index in [2.05, 4.69) is 0 Å². The molecule has 0 saturated heterocycles. The van der Waals surface area contributed by atoms with Gasteiger partial charge in [-0.05, 0) is 57.2 Å². The number of rotatable bonds is 3. The maximum atomic E-state index is 9.08. The van der Waals surface area contributed by atoms with Crippen molar-refractivity contribution in [2.75, 3.05) is 4.90 Å². The average Bonchev–Trinajstić information content (AvgIpc) is 2.92. The van der Waals surface area contributed by atoms with E-state index in [9.17, 15) is 0 Å². The van der Waals surface area contributed by atoms with Crippen molar-refractivity contribution >= 4 is 49.4 Å². The van der Waals surface area contributed by atoms with Crippen LogP contribution in [0.3, 0.4) is 0 Å². The smallest absolute Gasteiger partial charge is 0.0645 e. The highest BCUT2D eigenvalue weighted by Gasteiger charge is 2.17. The summed E-state index contributed by atoms with van der Waals surface area (Å²) >= 11 is 0. The Morgan fingerprint density at radius 1 is 0.517 bits per heavy atom. The highest BCUT2D eigenvalue weighted by Crippen LogP contribution is 2.43. The molecule has 0 aliphatic carbocycles. The van der Waals surface area contributed by atoms with Crippen molar-refractivity contribution in [2.24, 2.45) is 0 Å². The summed E-state index contributed by atoms with van der Waals surface area (Å²) in [5.74, 6) is 0. The highest BCUT2D eigenvalue weighted by molar-refractivity contribution is 6.25. The first-order valence-corrected chi connectivity index (χ1v) is 9.24. The lowest BCUT2D eigenvalue weighted by atomic mass is 9.93. The average molecular weight is 379 g/mol. The van der Waals surface area contributed by atoms with Crippen LogP contribution >= 0.6 is 0 Å². The minimum atomic E-state index is -0.487. The van der Waals surface area contributed by atoms with Crippen LogP contribution in [0.15, 0.2) is 115 Å². The van der Waals surface area contributed by atoms with Crippen molar-refractivity contribution in [2.45, 2.75) is 0 Å². The number of nitrogens with zero attached hydrogens (tertiary/aromatic N) is 1. The van der Waals surface area contributed by atoms with Crippen LogP contribution in [-0.4, -0.2) is 0 Å². The topological polar surface area (TPSA) is 3.24 Å². The largest absolute Gasteiger partial charge is 0.310 e. The van der Waals surface area contributed by atoms with Gasteiger partial charge in [-0.15, -0.1) is 0 Å². The lowest BCUT2D eigenvalue weighted by Gasteiger charge is -2.27. The minimum absolute atomic E-state index is 0.0395. The highest BCUT2D eigenvalue weighted by atomic mass is 15.1. The molecular weight excluding hydrogens is 350 g/mol. The molecule has 0 saturated carbocycles. The zero-order valence-corrected chi connectivity index (χ0v) is 15.2. The first-order chi connectivity index (χ1) is 18.2. The van der Waals surface area contributed by atoms with Crippen molar-refractivity contribution in [3.05, 3.63) is 115 Å². The molecule has 0 amide bonds. The Kier molecular flexibility index (Phi) is 2.10. The fourth-order valence-corrected chi connectivity index (χ4v) is 3.78. The van der Waals surface area contributed by atoms with Crippen LogP contribution in [0.2, 0.25) is 0 Å². The molecule has 0 fully saturated rings. The molecule has 6 rings (SSSR count). The van der Waals surface area contributed by atoms with E-state index in [0.29, 0.717) is 11.4 Å². The molecule has 0 aromatic heterocycles. The molecule has 29 heavy (non-hydrogen) atoms. The molecule has 0 N–H and O–H groups in total. The van der Waals surface area contributed by atoms with Gasteiger partial charge in [0, 0.05) is 16.8 Å². The summed E-state index contributed by atoms with van der Waals surface area (Å²) in [6, 6.07) is 14.9. The van der Waals surface area contributed by atoms with Gasteiger partial charge in [-0.3, -0.25) is 0 Å². The molecule has 0 radical (unpaired) electrons. The normalized spacial score (nSPS) is 15.8. The zero-order chi connectivity index (χ0) is 27.0. The second kappa shape index (κ2) is 6.35. The van der Waals surface area contributed by atoms with Gasteiger partial charge in [-0.1, -0.05) is 84.7 Å². The van der Waals surface area contributed by atoms with Crippen LogP contribution in [0.5, 0.6) is 0 Å². The summed E-state index contributed by atoms with van der Waals surface area (Å²) in [5, 5.41) is 0.284. The summed E-state index contributed by atoms with van der Waals surface area (Å²) in [6.07, 6.45) is 0. The minimum Gasteiger partial charge on any atom is -0.310 e. The molecule has 0 atom stereocenters. The zero-order valence-electron chi connectivity index (χ0n) is 24.2. The van der Waals surface area contributed by atoms with Crippen LogP contribution in [0.4, 0.5) is 17.1 Å². The Balaban J connectivity index is 1.95. The lowest BCUT2D eigenvalue weighted by Crippen LogP contribution is -2.10. The first-order valence-electron chi connectivity index (χ1n) is 13.7.